The second-order valence-corrected chi connectivity index (χ2v) is 2.89. The number of hydrogen-bond acceptors (Lipinski definition) is 3. The molecular weight excluding hydrogens is 152 g/mol. The molecule has 2 nitrogen and oxygen atoms in total. The van der Waals surface area contributed by atoms with Crippen molar-refractivity contribution in [1.29, 1.82) is 0 Å². The van der Waals surface area contributed by atoms with Crippen molar-refractivity contribution in [3.63, 3.8) is 0 Å². The van der Waals surface area contributed by atoms with Crippen LogP contribution >= 0.6 is 24.0 Å². The Morgan fingerprint density at radius 1 is 1.67 bits per heavy atom. The summed E-state index contributed by atoms with van der Waals surface area (Å²) in [5.41, 5.74) is 0. The molecule has 0 fully saturated rings. The van der Waals surface area contributed by atoms with E-state index in [-0.39, 0.29) is 0 Å². The first kappa shape index (κ1) is 9.04. The van der Waals surface area contributed by atoms with Crippen LogP contribution in [0.3, 0.4) is 0 Å². The van der Waals surface area contributed by atoms with E-state index < -0.39 is 0 Å². The molecule has 0 aliphatic rings. The van der Waals surface area contributed by atoms with Crippen molar-refractivity contribution in [2.75, 3.05) is 19.1 Å². The summed E-state index contributed by atoms with van der Waals surface area (Å²) >= 11 is 6.61. The lowest BCUT2D eigenvalue weighted by molar-refractivity contribution is 1.17. The van der Waals surface area contributed by atoms with E-state index in [2.05, 4.69) is 10.2 Å². The molecule has 0 aromatic carbocycles. The number of hydrogen-bond donors (Lipinski definition) is 0. The molecule has 0 bridgehead atoms. The highest BCUT2D eigenvalue weighted by molar-refractivity contribution is 7.98. The molecule has 0 radical (unpaired) electrons. The molecule has 0 atom stereocenters. The lowest BCUT2D eigenvalue weighted by Gasteiger charge is -1.90. The largest absolute Gasteiger partial charge is 0.192 e. The quantitative estimate of drug-likeness (QED) is 0.469. The molecule has 4 heteroatoms. The van der Waals surface area contributed by atoms with Crippen molar-refractivity contribution in [3.8, 4) is 0 Å². The fourth-order valence-electron chi connectivity index (χ4n) is 0.351. The maximum Gasteiger partial charge on any atom is 0.126 e. The van der Waals surface area contributed by atoms with Crippen LogP contribution in [0, 0.1) is 0 Å². The molecule has 0 rings (SSSR count). The normalized spacial score (nSPS) is 10.4. The Hall–Kier alpha value is 0.0400. The highest BCUT2D eigenvalue weighted by Crippen LogP contribution is 1.98. The van der Waals surface area contributed by atoms with Crippen molar-refractivity contribution in [2.24, 2.45) is 10.2 Å². The molecule has 0 aliphatic heterocycles. The minimum atomic E-state index is 0.701. The molecule has 0 amide bonds. The standard InChI is InChI=1S/C5H10N2S2/c1-6-7-5(8)3-4-9-2/h3-4H2,1-2H3/b7-6+. The van der Waals surface area contributed by atoms with Gasteiger partial charge in [-0.15, -0.1) is 5.11 Å². The third-order valence-electron chi connectivity index (χ3n) is 0.732. The van der Waals surface area contributed by atoms with E-state index in [9.17, 15) is 0 Å². The van der Waals surface area contributed by atoms with Gasteiger partial charge in [-0.3, -0.25) is 0 Å². The Labute approximate surface area is 65.1 Å². The van der Waals surface area contributed by atoms with Crippen molar-refractivity contribution in [1.82, 2.24) is 0 Å². The summed E-state index contributed by atoms with van der Waals surface area (Å²) in [6, 6.07) is 0. The second-order valence-electron chi connectivity index (χ2n) is 1.44. The molecule has 0 heterocycles. The number of thiocarbonyl (C=S) groups is 1. The number of azo groups is 1. The van der Waals surface area contributed by atoms with Gasteiger partial charge >= 0.3 is 0 Å². The molecule has 9 heavy (non-hydrogen) atoms. The lowest BCUT2D eigenvalue weighted by Crippen LogP contribution is -1.89. The van der Waals surface area contributed by atoms with Gasteiger partial charge in [0.15, 0.2) is 0 Å². The summed E-state index contributed by atoms with van der Waals surface area (Å²) in [6.07, 6.45) is 2.92. The number of thioether (sulfide) groups is 1. The molecule has 0 aromatic heterocycles. The zero-order chi connectivity index (χ0) is 7.11. The average Bonchev–Trinajstić information content (AvgIpc) is 1.85. The summed E-state index contributed by atoms with van der Waals surface area (Å²) in [6.45, 7) is 0. The molecule has 0 saturated heterocycles. The molecule has 0 spiro atoms. The molecule has 0 aliphatic carbocycles. The maximum atomic E-state index is 4.84. The zero-order valence-electron chi connectivity index (χ0n) is 5.63. The van der Waals surface area contributed by atoms with Crippen molar-refractivity contribution in [3.05, 3.63) is 0 Å². The van der Waals surface area contributed by atoms with Gasteiger partial charge in [-0.05, 0) is 12.0 Å². The van der Waals surface area contributed by atoms with Crippen LogP contribution in [-0.2, 0) is 0 Å². The summed E-state index contributed by atoms with van der Waals surface area (Å²) in [5.74, 6) is 1.04. The van der Waals surface area contributed by atoms with Crippen molar-refractivity contribution < 1.29 is 0 Å². The summed E-state index contributed by atoms with van der Waals surface area (Å²) in [7, 11) is 1.63. The average molecular weight is 162 g/mol. The smallest absolute Gasteiger partial charge is 0.126 e. The Morgan fingerprint density at radius 2 is 2.33 bits per heavy atom. The third kappa shape index (κ3) is 5.92. The number of nitrogens with zero attached hydrogens (tertiary/aromatic N) is 2. The van der Waals surface area contributed by atoms with E-state index in [4.69, 9.17) is 12.2 Å². The lowest BCUT2D eigenvalue weighted by atomic mass is 10.5. The molecule has 52 valence electrons. The van der Waals surface area contributed by atoms with E-state index in [0.717, 1.165) is 12.2 Å². The van der Waals surface area contributed by atoms with Gasteiger partial charge in [-0.2, -0.15) is 16.9 Å². The molecule has 0 aromatic rings. The van der Waals surface area contributed by atoms with E-state index in [0.29, 0.717) is 4.99 Å². The van der Waals surface area contributed by atoms with Crippen molar-refractivity contribution in [2.45, 2.75) is 6.42 Å². The van der Waals surface area contributed by atoms with Crippen LogP contribution in [0.4, 0.5) is 0 Å². The fourth-order valence-corrected chi connectivity index (χ4v) is 1.06. The molecule has 0 unspecified atom stereocenters. The second kappa shape index (κ2) is 6.16. The predicted octanol–water partition coefficient (Wildman–Crippen LogP) is 2.15. The Balaban J connectivity index is 3.27. The first-order valence-corrected chi connectivity index (χ1v) is 4.43. The van der Waals surface area contributed by atoms with Gasteiger partial charge in [0.05, 0.1) is 0 Å². The Bertz CT molecular complexity index is 112. The van der Waals surface area contributed by atoms with Crippen LogP contribution in [-0.4, -0.2) is 24.0 Å². The van der Waals surface area contributed by atoms with Gasteiger partial charge in [0.25, 0.3) is 0 Å². The van der Waals surface area contributed by atoms with E-state index in [1.807, 2.05) is 6.26 Å². The highest BCUT2D eigenvalue weighted by Gasteiger charge is 1.90. The molecular formula is C5H10N2S2. The van der Waals surface area contributed by atoms with Gasteiger partial charge in [-0.1, -0.05) is 12.2 Å². The van der Waals surface area contributed by atoms with Crippen LogP contribution in [0.5, 0.6) is 0 Å². The minimum absolute atomic E-state index is 0.701. The fraction of sp³-hybridized carbons (Fsp3) is 0.800. The topological polar surface area (TPSA) is 24.7 Å². The van der Waals surface area contributed by atoms with E-state index in [1.165, 1.54) is 0 Å². The van der Waals surface area contributed by atoms with Gasteiger partial charge in [0.2, 0.25) is 0 Å². The van der Waals surface area contributed by atoms with Gasteiger partial charge in [0, 0.05) is 13.5 Å². The highest BCUT2D eigenvalue weighted by atomic mass is 32.2. The third-order valence-corrected chi connectivity index (χ3v) is 1.63. The Morgan fingerprint density at radius 3 is 2.78 bits per heavy atom. The first-order valence-electron chi connectivity index (χ1n) is 2.63. The minimum Gasteiger partial charge on any atom is -0.192 e. The van der Waals surface area contributed by atoms with Crippen LogP contribution in [0.15, 0.2) is 10.2 Å². The monoisotopic (exact) mass is 162 g/mol. The summed E-state index contributed by atoms with van der Waals surface area (Å²) in [4.78, 5) is 0.701. The van der Waals surface area contributed by atoms with Crippen LogP contribution in [0.1, 0.15) is 6.42 Å². The first-order chi connectivity index (χ1) is 4.31. The van der Waals surface area contributed by atoms with Gasteiger partial charge in [-0.25, -0.2) is 0 Å². The Kier molecular flexibility index (Phi) is 6.19. The van der Waals surface area contributed by atoms with Crippen LogP contribution < -0.4 is 0 Å². The van der Waals surface area contributed by atoms with Gasteiger partial charge in [0.1, 0.15) is 4.99 Å². The zero-order valence-corrected chi connectivity index (χ0v) is 7.26. The van der Waals surface area contributed by atoms with E-state index in [1.54, 1.807) is 18.8 Å². The predicted molar refractivity (Wildman–Crippen MR) is 46.4 cm³/mol. The van der Waals surface area contributed by atoms with Crippen LogP contribution in [0.2, 0.25) is 0 Å². The SMILES string of the molecule is C/N=N/C(=S)CCSC. The van der Waals surface area contributed by atoms with Gasteiger partial charge < -0.3 is 0 Å². The summed E-state index contributed by atoms with van der Waals surface area (Å²) < 4.78 is 0. The number of rotatable bonds is 3. The van der Waals surface area contributed by atoms with Crippen molar-refractivity contribution >= 4 is 29.0 Å². The summed E-state index contributed by atoms with van der Waals surface area (Å²) in [5, 5.41) is 7.27. The van der Waals surface area contributed by atoms with Crippen LogP contribution in [0.25, 0.3) is 0 Å². The molecule has 0 saturated carbocycles. The molecule has 0 N–H and O–H groups in total. The maximum absolute atomic E-state index is 4.84. The van der Waals surface area contributed by atoms with E-state index >= 15 is 0 Å².